The van der Waals surface area contributed by atoms with Gasteiger partial charge in [0.05, 0.1) is 5.41 Å². The van der Waals surface area contributed by atoms with E-state index in [-0.39, 0.29) is 17.9 Å². The zero-order valence-electron chi connectivity index (χ0n) is 10.7. The molecule has 0 bridgehead atoms. The third kappa shape index (κ3) is 3.43. The number of carbonyl (C=O) groups is 2. The third-order valence-corrected chi connectivity index (χ3v) is 3.78. The maximum Gasteiger partial charge on any atom is 0.224 e. The molecule has 0 heterocycles. The molecule has 5 N–H and O–H groups in total. The molecule has 1 fully saturated rings. The van der Waals surface area contributed by atoms with Crippen LogP contribution in [-0.2, 0) is 9.59 Å². The van der Waals surface area contributed by atoms with Crippen molar-refractivity contribution in [2.45, 2.75) is 39.5 Å². The Labute approximate surface area is 102 Å². The molecule has 1 aliphatic carbocycles. The lowest BCUT2D eigenvalue weighted by Gasteiger charge is -2.40. The minimum absolute atomic E-state index is 0.000942. The van der Waals surface area contributed by atoms with Gasteiger partial charge in [-0.05, 0) is 38.6 Å². The molecular weight excluding hydrogens is 218 g/mol. The zero-order chi connectivity index (χ0) is 13.1. The normalized spacial score (nSPS) is 18.3. The van der Waals surface area contributed by atoms with E-state index in [9.17, 15) is 9.59 Å². The zero-order valence-corrected chi connectivity index (χ0v) is 10.7. The summed E-state index contributed by atoms with van der Waals surface area (Å²) in [5.74, 6) is -0.445. The molecule has 5 nitrogen and oxygen atoms in total. The molecule has 1 aliphatic rings. The molecule has 0 aromatic rings. The minimum atomic E-state index is -0.703. The summed E-state index contributed by atoms with van der Waals surface area (Å²) >= 11 is 0. The van der Waals surface area contributed by atoms with Crippen LogP contribution in [0.15, 0.2) is 0 Å². The standard InChI is InChI=1S/C12H23N3O2/c1-11(2,10(14)17)8-15-9(16)6-12(7-13)4-3-5-12/h3-8,13H2,1-2H3,(H2,14,17)(H,15,16). The Hall–Kier alpha value is -1.10. The van der Waals surface area contributed by atoms with Crippen molar-refractivity contribution in [3.8, 4) is 0 Å². The summed E-state index contributed by atoms with van der Waals surface area (Å²) in [6, 6.07) is 0. The number of hydrogen-bond acceptors (Lipinski definition) is 3. The van der Waals surface area contributed by atoms with Crippen LogP contribution < -0.4 is 16.8 Å². The van der Waals surface area contributed by atoms with Gasteiger partial charge in [-0.3, -0.25) is 9.59 Å². The van der Waals surface area contributed by atoms with Gasteiger partial charge in [0.15, 0.2) is 0 Å². The Morgan fingerprint density at radius 2 is 1.94 bits per heavy atom. The first kappa shape index (κ1) is 14.0. The molecule has 0 aromatic heterocycles. The second-order valence-corrected chi connectivity index (χ2v) is 5.76. The van der Waals surface area contributed by atoms with E-state index in [4.69, 9.17) is 11.5 Å². The van der Waals surface area contributed by atoms with E-state index in [0.29, 0.717) is 13.0 Å². The van der Waals surface area contributed by atoms with E-state index in [2.05, 4.69) is 5.32 Å². The molecule has 0 aromatic carbocycles. The number of nitrogens with two attached hydrogens (primary N) is 2. The quantitative estimate of drug-likeness (QED) is 0.616. The Bertz CT molecular complexity index is 303. The molecule has 0 atom stereocenters. The number of primary amides is 1. The summed E-state index contributed by atoms with van der Waals surface area (Å²) in [4.78, 5) is 22.9. The Morgan fingerprint density at radius 1 is 1.35 bits per heavy atom. The summed E-state index contributed by atoms with van der Waals surface area (Å²) in [5.41, 5.74) is 10.2. The van der Waals surface area contributed by atoms with Crippen molar-refractivity contribution >= 4 is 11.8 Å². The summed E-state index contributed by atoms with van der Waals surface area (Å²) in [6.07, 6.45) is 3.65. The van der Waals surface area contributed by atoms with Gasteiger partial charge in [0.25, 0.3) is 0 Å². The number of rotatable bonds is 6. The van der Waals surface area contributed by atoms with Gasteiger partial charge in [0.1, 0.15) is 0 Å². The average Bonchev–Trinajstić information content (AvgIpc) is 2.20. The van der Waals surface area contributed by atoms with E-state index in [1.165, 1.54) is 0 Å². The topological polar surface area (TPSA) is 98.2 Å². The van der Waals surface area contributed by atoms with E-state index in [1.54, 1.807) is 13.8 Å². The van der Waals surface area contributed by atoms with Gasteiger partial charge >= 0.3 is 0 Å². The van der Waals surface area contributed by atoms with Crippen molar-refractivity contribution in [1.82, 2.24) is 5.32 Å². The van der Waals surface area contributed by atoms with Crippen molar-refractivity contribution in [1.29, 1.82) is 0 Å². The van der Waals surface area contributed by atoms with Gasteiger partial charge in [-0.2, -0.15) is 0 Å². The summed E-state index contributed by atoms with van der Waals surface area (Å²) in [5, 5.41) is 2.77. The first-order chi connectivity index (χ1) is 7.81. The Balaban J connectivity index is 2.38. The predicted molar refractivity (Wildman–Crippen MR) is 65.9 cm³/mol. The lowest BCUT2D eigenvalue weighted by Crippen LogP contribution is -2.46. The van der Waals surface area contributed by atoms with E-state index in [1.807, 2.05) is 0 Å². The lowest BCUT2D eigenvalue weighted by molar-refractivity contribution is -0.128. The molecule has 0 aliphatic heterocycles. The summed E-state index contributed by atoms with van der Waals surface area (Å²) in [6.45, 7) is 4.27. The molecule has 17 heavy (non-hydrogen) atoms. The smallest absolute Gasteiger partial charge is 0.224 e. The SMILES string of the molecule is CC(C)(CNC(=O)CC1(CN)CCC1)C(N)=O. The maximum atomic E-state index is 11.8. The summed E-state index contributed by atoms with van der Waals surface area (Å²) in [7, 11) is 0. The van der Waals surface area contributed by atoms with Crippen LogP contribution in [0.2, 0.25) is 0 Å². The van der Waals surface area contributed by atoms with Gasteiger partial charge in [0, 0.05) is 13.0 Å². The second-order valence-electron chi connectivity index (χ2n) is 5.76. The molecule has 0 saturated heterocycles. The van der Waals surface area contributed by atoms with Crippen molar-refractivity contribution in [3.05, 3.63) is 0 Å². The van der Waals surface area contributed by atoms with Crippen LogP contribution in [0.1, 0.15) is 39.5 Å². The van der Waals surface area contributed by atoms with Gasteiger partial charge < -0.3 is 16.8 Å². The van der Waals surface area contributed by atoms with Gasteiger partial charge in [-0.15, -0.1) is 0 Å². The highest BCUT2D eigenvalue weighted by Crippen LogP contribution is 2.42. The van der Waals surface area contributed by atoms with Crippen molar-refractivity contribution in [2.75, 3.05) is 13.1 Å². The highest BCUT2D eigenvalue weighted by Gasteiger charge is 2.37. The number of amides is 2. The molecule has 0 spiro atoms. The van der Waals surface area contributed by atoms with Gasteiger partial charge in [-0.25, -0.2) is 0 Å². The van der Waals surface area contributed by atoms with Crippen LogP contribution >= 0.6 is 0 Å². The number of hydrogen-bond donors (Lipinski definition) is 3. The lowest BCUT2D eigenvalue weighted by atomic mass is 9.66. The fourth-order valence-electron chi connectivity index (χ4n) is 1.94. The number of carbonyl (C=O) groups excluding carboxylic acids is 2. The second kappa shape index (κ2) is 5.04. The van der Waals surface area contributed by atoms with E-state index >= 15 is 0 Å². The van der Waals surface area contributed by atoms with Gasteiger partial charge in [-0.1, -0.05) is 6.42 Å². The average molecular weight is 241 g/mol. The van der Waals surface area contributed by atoms with Crippen molar-refractivity contribution in [2.24, 2.45) is 22.3 Å². The largest absolute Gasteiger partial charge is 0.369 e. The monoisotopic (exact) mass is 241 g/mol. The molecule has 1 saturated carbocycles. The molecular formula is C12H23N3O2. The highest BCUT2D eigenvalue weighted by atomic mass is 16.2. The Kier molecular flexibility index (Phi) is 4.14. The third-order valence-electron chi connectivity index (χ3n) is 3.78. The fourth-order valence-corrected chi connectivity index (χ4v) is 1.94. The van der Waals surface area contributed by atoms with Crippen LogP contribution in [-0.4, -0.2) is 24.9 Å². The molecule has 98 valence electrons. The van der Waals surface area contributed by atoms with Crippen LogP contribution in [0.5, 0.6) is 0 Å². The highest BCUT2D eigenvalue weighted by molar-refractivity contribution is 5.82. The van der Waals surface area contributed by atoms with E-state index in [0.717, 1.165) is 19.3 Å². The molecule has 2 amide bonds. The van der Waals surface area contributed by atoms with Crippen molar-refractivity contribution in [3.63, 3.8) is 0 Å². The maximum absolute atomic E-state index is 11.8. The summed E-state index contributed by atoms with van der Waals surface area (Å²) < 4.78 is 0. The van der Waals surface area contributed by atoms with E-state index < -0.39 is 11.3 Å². The van der Waals surface area contributed by atoms with Gasteiger partial charge in [0.2, 0.25) is 11.8 Å². The molecule has 1 rings (SSSR count). The first-order valence-corrected chi connectivity index (χ1v) is 6.08. The Morgan fingerprint density at radius 3 is 2.29 bits per heavy atom. The first-order valence-electron chi connectivity index (χ1n) is 6.08. The molecule has 5 heteroatoms. The number of nitrogens with one attached hydrogen (secondary N) is 1. The fraction of sp³-hybridized carbons (Fsp3) is 0.833. The van der Waals surface area contributed by atoms with Crippen LogP contribution in [0.25, 0.3) is 0 Å². The minimum Gasteiger partial charge on any atom is -0.369 e. The predicted octanol–water partition coefficient (Wildman–Crippen LogP) is 0.133. The molecule has 0 radical (unpaired) electrons. The molecule has 0 unspecified atom stereocenters. The van der Waals surface area contributed by atoms with Crippen LogP contribution in [0, 0.1) is 10.8 Å². The van der Waals surface area contributed by atoms with Crippen molar-refractivity contribution < 1.29 is 9.59 Å². The van der Waals surface area contributed by atoms with Crippen LogP contribution in [0.3, 0.4) is 0 Å². The van der Waals surface area contributed by atoms with Crippen LogP contribution in [0.4, 0.5) is 0 Å².